The van der Waals surface area contributed by atoms with E-state index in [9.17, 15) is 9.50 Å². The Bertz CT molecular complexity index is 565. The van der Waals surface area contributed by atoms with E-state index in [4.69, 9.17) is 9.47 Å². The topological polar surface area (TPSA) is 41.9 Å². The van der Waals surface area contributed by atoms with Gasteiger partial charge in [-0.2, -0.15) is 0 Å². The van der Waals surface area contributed by atoms with Crippen molar-refractivity contribution in [2.45, 2.75) is 43.2 Å². The molecule has 0 unspecified atom stereocenters. The summed E-state index contributed by atoms with van der Waals surface area (Å²) < 4.78 is 24.8. The number of methoxy groups -OCH3 is 2. The van der Waals surface area contributed by atoms with Gasteiger partial charge in [0.15, 0.2) is 17.3 Å². The Kier molecular flexibility index (Phi) is 4.03. The van der Waals surface area contributed by atoms with Gasteiger partial charge in [-0.15, -0.1) is 0 Å². The van der Waals surface area contributed by atoms with E-state index < -0.39 is 0 Å². The van der Waals surface area contributed by atoms with Crippen molar-refractivity contribution in [2.24, 2.45) is 0 Å². The zero-order valence-corrected chi connectivity index (χ0v) is 13.4. The maximum atomic E-state index is 14.4. The summed E-state index contributed by atoms with van der Waals surface area (Å²) in [6, 6.07) is 3.74. The van der Waals surface area contributed by atoms with Crippen LogP contribution in [-0.4, -0.2) is 50.0 Å². The molecule has 2 fully saturated rings. The van der Waals surface area contributed by atoms with Crippen LogP contribution in [0.4, 0.5) is 4.39 Å². The van der Waals surface area contributed by atoms with E-state index in [1.54, 1.807) is 6.07 Å². The maximum absolute atomic E-state index is 14.4. The lowest BCUT2D eigenvalue weighted by molar-refractivity contribution is 0.0565. The van der Waals surface area contributed by atoms with Crippen LogP contribution in [-0.2, 0) is 5.41 Å². The summed E-state index contributed by atoms with van der Waals surface area (Å²) in [7, 11) is 5.06. The monoisotopic (exact) mass is 309 g/mol. The van der Waals surface area contributed by atoms with Crippen molar-refractivity contribution in [3.05, 3.63) is 23.5 Å². The number of aliphatic hydroxyl groups is 1. The average Bonchev–Trinajstić information content (AvgIpc) is 2.84. The summed E-state index contributed by atoms with van der Waals surface area (Å²) in [4.78, 5) is 2.29. The summed E-state index contributed by atoms with van der Waals surface area (Å²) in [5.41, 5.74) is 0.859. The number of rotatable bonds is 3. The molecule has 1 saturated heterocycles. The molecule has 2 aliphatic rings. The quantitative estimate of drug-likeness (QED) is 0.930. The standard InChI is InChI=1S/C17H24FNO3/c1-19-7-6-17(5-4-12(20)10-15(17)19)11-8-13(18)16(22-3)14(9-11)21-2/h8-9,12,15,20H,4-7,10H2,1-3H3/t12-,15-,17-/m0/s1. The van der Waals surface area contributed by atoms with E-state index in [1.807, 2.05) is 6.07 Å². The SMILES string of the molecule is COc1cc([C@@]23CC[C@H](O)C[C@@H]2N(C)CC3)cc(F)c1OC. The van der Waals surface area contributed by atoms with Gasteiger partial charge in [-0.05, 0) is 57.0 Å². The van der Waals surface area contributed by atoms with Crippen LogP contribution in [0.25, 0.3) is 0 Å². The van der Waals surface area contributed by atoms with Gasteiger partial charge >= 0.3 is 0 Å². The highest BCUT2D eigenvalue weighted by Gasteiger charge is 2.50. The molecule has 0 aromatic heterocycles. The van der Waals surface area contributed by atoms with Gasteiger partial charge in [0.1, 0.15) is 0 Å². The summed E-state index contributed by atoms with van der Waals surface area (Å²) in [5.74, 6) is 0.207. The van der Waals surface area contributed by atoms with Gasteiger partial charge in [0.05, 0.1) is 20.3 Å². The molecule has 5 heteroatoms. The third-order valence-electron chi connectivity index (χ3n) is 5.51. The number of fused-ring (bicyclic) bond motifs is 1. The van der Waals surface area contributed by atoms with Gasteiger partial charge in [0.25, 0.3) is 0 Å². The number of likely N-dealkylation sites (N-methyl/N-ethyl adjacent to an activating group) is 1. The fourth-order valence-electron chi connectivity index (χ4n) is 4.30. The Labute approximate surface area is 130 Å². The minimum atomic E-state index is -0.384. The van der Waals surface area contributed by atoms with Crippen LogP contribution in [0.5, 0.6) is 11.5 Å². The summed E-state index contributed by atoms with van der Waals surface area (Å²) in [5, 5.41) is 10.0. The number of halogens is 1. The van der Waals surface area contributed by atoms with Gasteiger partial charge < -0.3 is 19.5 Å². The van der Waals surface area contributed by atoms with Crippen LogP contribution in [0.2, 0.25) is 0 Å². The molecule has 1 aliphatic heterocycles. The van der Waals surface area contributed by atoms with Crippen LogP contribution in [0.1, 0.15) is 31.2 Å². The van der Waals surface area contributed by atoms with Crippen molar-refractivity contribution in [1.29, 1.82) is 0 Å². The first-order valence-electron chi connectivity index (χ1n) is 7.82. The second kappa shape index (κ2) is 5.70. The van der Waals surface area contributed by atoms with Gasteiger partial charge in [-0.25, -0.2) is 4.39 Å². The molecule has 1 saturated carbocycles. The van der Waals surface area contributed by atoms with E-state index in [0.29, 0.717) is 5.75 Å². The molecule has 1 aromatic carbocycles. The molecule has 3 atom stereocenters. The molecular weight excluding hydrogens is 285 g/mol. The molecule has 1 heterocycles. The Hall–Kier alpha value is -1.33. The minimum Gasteiger partial charge on any atom is -0.493 e. The normalized spacial score (nSPS) is 31.9. The Morgan fingerprint density at radius 1 is 1.27 bits per heavy atom. The lowest BCUT2D eigenvalue weighted by Gasteiger charge is -2.43. The third-order valence-corrected chi connectivity index (χ3v) is 5.51. The summed E-state index contributed by atoms with van der Waals surface area (Å²) >= 11 is 0. The molecule has 1 N–H and O–H groups in total. The van der Waals surface area contributed by atoms with E-state index in [1.165, 1.54) is 14.2 Å². The van der Waals surface area contributed by atoms with Crippen molar-refractivity contribution >= 4 is 0 Å². The smallest absolute Gasteiger partial charge is 0.196 e. The molecule has 0 spiro atoms. The number of aliphatic hydroxyl groups excluding tert-OH is 1. The second-order valence-electron chi connectivity index (χ2n) is 6.52. The van der Waals surface area contributed by atoms with Gasteiger partial charge in [0, 0.05) is 11.5 Å². The lowest BCUT2D eigenvalue weighted by atomic mass is 9.65. The maximum Gasteiger partial charge on any atom is 0.196 e. The molecule has 0 radical (unpaired) electrons. The van der Waals surface area contributed by atoms with Crippen molar-refractivity contribution in [3.63, 3.8) is 0 Å². The van der Waals surface area contributed by atoms with Crippen molar-refractivity contribution in [2.75, 3.05) is 27.8 Å². The van der Waals surface area contributed by atoms with Gasteiger partial charge in [0.2, 0.25) is 0 Å². The molecule has 22 heavy (non-hydrogen) atoms. The van der Waals surface area contributed by atoms with Crippen LogP contribution in [0, 0.1) is 5.82 Å². The number of nitrogens with zero attached hydrogens (tertiary/aromatic N) is 1. The molecule has 1 aliphatic carbocycles. The number of likely N-dealkylation sites (tertiary alicyclic amines) is 1. The molecule has 4 nitrogen and oxygen atoms in total. The summed E-state index contributed by atoms with van der Waals surface area (Å²) in [6.45, 7) is 0.966. The van der Waals surface area contributed by atoms with E-state index in [0.717, 1.165) is 37.8 Å². The number of hydrogen-bond acceptors (Lipinski definition) is 4. The number of hydrogen-bond donors (Lipinski definition) is 1. The zero-order chi connectivity index (χ0) is 15.9. The van der Waals surface area contributed by atoms with E-state index in [2.05, 4.69) is 11.9 Å². The van der Waals surface area contributed by atoms with Crippen LogP contribution in [0.3, 0.4) is 0 Å². The predicted octanol–water partition coefficient (Wildman–Crippen LogP) is 2.33. The Morgan fingerprint density at radius 3 is 2.73 bits per heavy atom. The second-order valence-corrected chi connectivity index (χ2v) is 6.52. The molecule has 122 valence electrons. The van der Waals surface area contributed by atoms with Crippen molar-refractivity contribution in [3.8, 4) is 11.5 Å². The van der Waals surface area contributed by atoms with Crippen molar-refractivity contribution < 1.29 is 19.0 Å². The van der Waals surface area contributed by atoms with E-state index >= 15 is 0 Å². The van der Waals surface area contributed by atoms with Gasteiger partial charge in [-0.1, -0.05) is 0 Å². The van der Waals surface area contributed by atoms with E-state index in [-0.39, 0.29) is 29.1 Å². The summed E-state index contributed by atoms with van der Waals surface area (Å²) in [6.07, 6.45) is 3.10. The number of benzene rings is 1. The molecule has 1 aromatic rings. The first-order chi connectivity index (χ1) is 10.5. The van der Waals surface area contributed by atoms with Gasteiger partial charge in [-0.3, -0.25) is 0 Å². The first-order valence-corrected chi connectivity index (χ1v) is 7.82. The molecule has 0 amide bonds. The highest BCUT2D eigenvalue weighted by Crippen LogP contribution is 2.50. The fraction of sp³-hybridized carbons (Fsp3) is 0.647. The first kappa shape index (κ1) is 15.6. The average molecular weight is 309 g/mol. The Morgan fingerprint density at radius 2 is 2.05 bits per heavy atom. The molecular formula is C17H24FNO3. The largest absolute Gasteiger partial charge is 0.493 e. The molecule has 0 bridgehead atoms. The third kappa shape index (κ3) is 2.27. The zero-order valence-electron chi connectivity index (χ0n) is 13.4. The lowest BCUT2D eigenvalue weighted by Crippen LogP contribution is -2.47. The van der Waals surface area contributed by atoms with Crippen LogP contribution >= 0.6 is 0 Å². The highest BCUT2D eigenvalue weighted by molar-refractivity contribution is 5.47. The fourth-order valence-corrected chi connectivity index (χ4v) is 4.30. The van der Waals surface area contributed by atoms with Crippen molar-refractivity contribution in [1.82, 2.24) is 4.90 Å². The number of ether oxygens (including phenoxy) is 2. The molecule has 3 rings (SSSR count). The van der Waals surface area contributed by atoms with Crippen LogP contribution < -0.4 is 9.47 Å². The highest BCUT2D eigenvalue weighted by atomic mass is 19.1. The minimum absolute atomic E-state index is 0.103. The Balaban J connectivity index is 2.07. The van der Waals surface area contributed by atoms with Crippen LogP contribution in [0.15, 0.2) is 12.1 Å². The predicted molar refractivity (Wildman–Crippen MR) is 82.1 cm³/mol.